The summed E-state index contributed by atoms with van der Waals surface area (Å²) >= 11 is 0. The first kappa shape index (κ1) is 12.5. The molecular weight excluding hydrogens is 204 g/mol. The number of hydrogen-bond acceptors (Lipinski definition) is 3. The molecule has 1 rings (SSSR count). The van der Waals surface area contributed by atoms with Crippen LogP contribution in [0.15, 0.2) is 24.3 Å². The molecule has 0 heterocycles. The SMILES string of the molecule is CC(C)OC(=O)N(C)c1ccccc1CN. The molecule has 0 aliphatic heterocycles. The number of carbonyl (C=O) groups excluding carboxylic acids is 1. The third-order valence-corrected chi connectivity index (χ3v) is 2.18. The first-order valence-electron chi connectivity index (χ1n) is 5.28. The van der Waals surface area contributed by atoms with Crippen molar-refractivity contribution in [3.63, 3.8) is 0 Å². The predicted octanol–water partition coefficient (Wildman–Crippen LogP) is 2.13. The average Bonchev–Trinajstić information content (AvgIpc) is 2.27. The summed E-state index contributed by atoms with van der Waals surface area (Å²) in [5.74, 6) is 0. The van der Waals surface area contributed by atoms with Gasteiger partial charge in [0.25, 0.3) is 0 Å². The minimum absolute atomic E-state index is 0.125. The van der Waals surface area contributed by atoms with Crippen LogP contribution in [0, 0.1) is 0 Å². The van der Waals surface area contributed by atoms with Gasteiger partial charge in [0.1, 0.15) is 0 Å². The fourth-order valence-electron chi connectivity index (χ4n) is 1.39. The summed E-state index contributed by atoms with van der Waals surface area (Å²) < 4.78 is 5.11. The molecular formula is C12H18N2O2. The summed E-state index contributed by atoms with van der Waals surface area (Å²) in [6.45, 7) is 4.04. The first-order valence-corrected chi connectivity index (χ1v) is 5.28. The number of para-hydroxylation sites is 1. The fraction of sp³-hybridized carbons (Fsp3) is 0.417. The zero-order valence-corrected chi connectivity index (χ0v) is 9.93. The maximum Gasteiger partial charge on any atom is 0.414 e. The van der Waals surface area contributed by atoms with E-state index < -0.39 is 0 Å². The highest BCUT2D eigenvalue weighted by Gasteiger charge is 2.15. The lowest BCUT2D eigenvalue weighted by Gasteiger charge is -2.21. The number of nitrogens with zero attached hydrogens (tertiary/aromatic N) is 1. The molecule has 16 heavy (non-hydrogen) atoms. The average molecular weight is 222 g/mol. The zero-order valence-electron chi connectivity index (χ0n) is 9.93. The summed E-state index contributed by atoms with van der Waals surface area (Å²) in [5.41, 5.74) is 7.32. The van der Waals surface area contributed by atoms with Gasteiger partial charge in [-0.2, -0.15) is 0 Å². The van der Waals surface area contributed by atoms with E-state index in [0.29, 0.717) is 6.54 Å². The van der Waals surface area contributed by atoms with Crippen LogP contribution in [0.2, 0.25) is 0 Å². The van der Waals surface area contributed by atoms with Crippen molar-refractivity contribution in [2.75, 3.05) is 11.9 Å². The van der Waals surface area contributed by atoms with Crippen LogP contribution in [-0.2, 0) is 11.3 Å². The largest absolute Gasteiger partial charge is 0.446 e. The van der Waals surface area contributed by atoms with Crippen LogP contribution in [0.1, 0.15) is 19.4 Å². The maximum atomic E-state index is 11.7. The van der Waals surface area contributed by atoms with E-state index in [1.54, 1.807) is 7.05 Å². The minimum Gasteiger partial charge on any atom is -0.446 e. The molecule has 1 aromatic rings. The zero-order chi connectivity index (χ0) is 12.1. The van der Waals surface area contributed by atoms with Crippen molar-refractivity contribution in [3.8, 4) is 0 Å². The van der Waals surface area contributed by atoms with E-state index in [1.807, 2.05) is 38.1 Å². The van der Waals surface area contributed by atoms with Gasteiger partial charge >= 0.3 is 6.09 Å². The number of benzene rings is 1. The molecule has 0 aliphatic rings. The van der Waals surface area contributed by atoms with Gasteiger partial charge < -0.3 is 10.5 Å². The molecule has 0 saturated carbocycles. The monoisotopic (exact) mass is 222 g/mol. The fourth-order valence-corrected chi connectivity index (χ4v) is 1.39. The molecule has 88 valence electrons. The highest BCUT2D eigenvalue weighted by atomic mass is 16.6. The molecule has 0 atom stereocenters. The van der Waals surface area contributed by atoms with E-state index in [-0.39, 0.29) is 12.2 Å². The van der Waals surface area contributed by atoms with E-state index in [2.05, 4.69) is 0 Å². The lowest BCUT2D eigenvalue weighted by Crippen LogP contribution is -2.30. The molecule has 0 aromatic heterocycles. The molecule has 0 saturated heterocycles. The Morgan fingerprint density at radius 1 is 1.44 bits per heavy atom. The van der Waals surface area contributed by atoms with Gasteiger partial charge in [0.2, 0.25) is 0 Å². The number of carbonyl (C=O) groups is 1. The van der Waals surface area contributed by atoms with Crippen LogP contribution in [-0.4, -0.2) is 19.2 Å². The van der Waals surface area contributed by atoms with Gasteiger partial charge in [-0.3, -0.25) is 4.90 Å². The number of anilines is 1. The second-order valence-corrected chi connectivity index (χ2v) is 3.82. The second kappa shape index (κ2) is 5.51. The Bertz CT molecular complexity index is 364. The normalized spacial score (nSPS) is 10.3. The lowest BCUT2D eigenvalue weighted by molar-refractivity contribution is 0.124. The Hall–Kier alpha value is -1.55. The molecule has 0 spiro atoms. The predicted molar refractivity (Wildman–Crippen MR) is 64.4 cm³/mol. The van der Waals surface area contributed by atoms with Crippen LogP contribution in [0.25, 0.3) is 0 Å². The molecule has 0 radical (unpaired) electrons. The Balaban J connectivity index is 2.87. The van der Waals surface area contributed by atoms with E-state index in [9.17, 15) is 4.79 Å². The van der Waals surface area contributed by atoms with Crippen LogP contribution in [0.3, 0.4) is 0 Å². The third kappa shape index (κ3) is 2.97. The summed E-state index contributed by atoms with van der Waals surface area (Å²) in [4.78, 5) is 13.2. The summed E-state index contributed by atoms with van der Waals surface area (Å²) in [6.07, 6.45) is -0.490. The molecule has 2 N–H and O–H groups in total. The molecule has 4 heteroatoms. The molecule has 1 amide bonds. The van der Waals surface area contributed by atoms with Crippen LogP contribution in [0.4, 0.5) is 10.5 Å². The Morgan fingerprint density at radius 3 is 2.62 bits per heavy atom. The summed E-state index contributed by atoms with van der Waals surface area (Å²) in [5, 5.41) is 0. The molecule has 0 unspecified atom stereocenters. The molecule has 1 aromatic carbocycles. The Morgan fingerprint density at radius 2 is 2.06 bits per heavy atom. The van der Waals surface area contributed by atoms with Crippen molar-refractivity contribution >= 4 is 11.8 Å². The van der Waals surface area contributed by atoms with Gasteiger partial charge in [-0.05, 0) is 25.5 Å². The molecule has 4 nitrogen and oxygen atoms in total. The summed E-state index contributed by atoms with van der Waals surface area (Å²) in [6, 6.07) is 7.51. The van der Waals surface area contributed by atoms with Crippen molar-refractivity contribution in [1.82, 2.24) is 0 Å². The summed E-state index contributed by atoms with van der Waals surface area (Å²) in [7, 11) is 1.68. The first-order chi connectivity index (χ1) is 7.56. The van der Waals surface area contributed by atoms with E-state index in [1.165, 1.54) is 4.90 Å². The maximum absolute atomic E-state index is 11.7. The van der Waals surface area contributed by atoms with Crippen molar-refractivity contribution in [2.24, 2.45) is 5.73 Å². The molecule has 0 fully saturated rings. The molecule has 0 aliphatic carbocycles. The Kier molecular flexibility index (Phi) is 4.31. The van der Waals surface area contributed by atoms with Gasteiger partial charge in [0, 0.05) is 13.6 Å². The second-order valence-electron chi connectivity index (χ2n) is 3.82. The number of hydrogen-bond donors (Lipinski definition) is 1. The van der Waals surface area contributed by atoms with Crippen LogP contribution >= 0.6 is 0 Å². The van der Waals surface area contributed by atoms with Crippen molar-refractivity contribution in [3.05, 3.63) is 29.8 Å². The number of ether oxygens (including phenoxy) is 1. The van der Waals surface area contributed by atoms with E-state index >= 15 is 0 Å². The lowest BCUT2D eigenvalue weighted by atomic mass is 10.1. The van der Waals surface area contributed by atoms with Crippen molar-refractivity contribution in [1.29, 1.82) is 0 Å². The van der Waals surface area contributed by atoms with Gasteiger partial charge in [-0.15, -0.1) is 0 Å². The third-order valence-electron chi connectivity index (χ3n) is 2.18. The molecule has 0 bridgehead atoms. The minimum atomic E-state index is -0.365. The van der Waals surface area contributed by atoms with E-state index in [0.717, 1.165) is 11.3 Å². The number of rotatable bonds is 3. The topological polar surface area (TPSA) is 55.6 Å². The highest BCUT2D eigenvalue weighted by molar-refractivity contribution is 5.88. The van der Waals surface area contributed by atoms with Gasteiger partial charge in [0.05, 0.1) is 11.8 Å². The smallest absolute Gasteiger partial charge is 0.414 e. The number of amides is 1. The van der Waals surface area contributed by atoms with E-state index in [4.69, 9.17) is 10.5 Å². The van der Waals surface area contributed by atoms with Crippen molar-refractivity contribution in [2.45, 2.75) is 26.5 Å². The van der Waals surface area contributed by atoms with Gasteiger partial charge in [-0.25, -0.2) is 4.79 Å². The van der Waals surface area contributed by atoms with Crippen LogP contribution in [0.5, 0.6) is 0 Å². The van der Waals surface area contributed by atoms with Crippen LogP contribution < -0.4 is 10.6 Å². The van der Waals surface area contributed by atoms with Gasteiger partial charge in [0.15, 0.2) is 0 Å². The quantitative estimate of drug-likeness (QED) is 0.852. The standard InChI is InChI=1S/C12H18N2O2/c1-9(2)16-12(15)14(3)11-7-5-4-6-10(11)8-13/h4-7,9H,8,13H2,1-3H3. The highest BCUT2D eigenvalue weighted by Crippen LogP contribution is 2.19. The van der Waals surface area contributed by atoms with Crippen molar-refractivity contribution < 1.29 is 9.53 Å². The number of nitrogens with two attached hydrogens (primary N) is 1. The van der Waals surface area contributed by atoms with Gasteiger partial charge in [-0.1, -0.05) is 18.2 Å². The Labute approximate surface area is 96.0 Å².